The summed E-state index contributed by atoms with van der Waals surface area (Å²) < 4.78 is 6.14. The van der Waals surface area contributed by atoms with Gasteiger partial charge < -0.3 is 14.6 Å². The highest BCUT2D eigenvalue weighted by Crippen LogP contribution is 2.29. The molecule has 1 amide bonds. The molecule has 0 radical (unpaired) electrons. The molecule has 2 aromatic carbocycles. The second-order valence-corrected chi connectivity index (χ2v) is 7.39. The van der Waals surface area contributed by atoms with Crippen LogP contribution in [0.5, 0.6) is 5.75 Å². The average Bonchev–Trinajstić information content (AvgIpc) is 2.67. The summed E-state index contributed by atoms with van der Waals surface area (Å²) in [6, 6.07) is 10.4. The smallest absolute Gasteiger partial charge is 0.258 e. The molecule has 0 saturated heterocycles. The number of rotatable bonds is 5. The van der Waals surface area contributed by atoms with Crippen LogP contribution in [0.1, 0.15) is 23.1 Å². The first-order chi connectivity index (χ1) is 12.9. The molecule has 27 heavy (non-hydrogen) atoms. The van der Waals surface area contributed by atoms with Gasteiger partial charge in [-0.05, 0) is 53.8 Å². The molecule has 0 unspecified atom stereocenters. The zero-order chi connectivity index (χ0) is 19.6. The molecular weight excluding hydrogens is 481 g/mol. The number of nitrogens with zero attached hydrogens (tertiary/aromatic N) is 2. The van der Waals surface area contributed by atoms with E-state index in [0.29, 0.717) is 39.6 Å². The summed E-state index contributed by atoms with van der Waals surface area (Å²) in [7, 11) is 1.51. The van der Waals surface area contributed by atoms with Crippen LogP contribution in [0, 0.1) is 3.57 Å². The van der Waals surface area contributed by atoms with E-state index < -0.39 is 0 Å². The van der Waals surface area contributed by atoms with Gasteiger partial charge in [-0.15, -0.1) is 0 Å². The van der Waals surface area contributed by atoms with E-state index in [2.05, 4.69) is 32.6 Å². The van der Waals surface area contributed by atoms with E-state index in [4.69, 9.17) is 16.3 Å². The van der Waals surface area contributed by atoms with Crippen molar-refractivity contribution in [3.8, 4) is 5.75 Å². The van der Waals surface area contributed by atoms with Gasteiger partial charge in [0.05, 0.1) is 35.1 Å². The highest BCUT2D eigenvalue weighted by molar-refractivity contribution is 14.1. The molecule has 140 valence electrons. The number of halogens is 2. The number of benzene rings is 2. The summed E-state index contributed by atoms with van der Waals surface area (Å²) in [6.45, 7) is 2.46. The summed E-state index contributed by atoms with van der Waals surface area (Å²) in [5, 5.41) is 0.995. The number of aromatic nitrogens is 2. The van der Waals surface area contributed by atoms with Gasteiger partial charge in [0.1, 0.15) is 11.6 Å². The van der Waals surface area contributed by atoms with Crippen LogP contribution in [0.2, 0.25) is 5.02 Å². The number of hydrogen-bond acceptors (Lipinski definition) is 4. The van der Waals surface area contributed by atoms with Gasteiger partial charge in [0.25, 0.3) is 11.5 Å². The van der Waals surface area contributed by atoms with Crippen LogP contribution in [0.15, 0.2) is 41.2 Å². The lowest BCUT2D eigenvalue weighted by molar-refractivity contribution is 0.0745. The van der Waals surface area contributed by atoms with Crippen LogP contribution in [0.4, 0.5) is 0 Å². The van der Waals surface area contributed by atoms with E-state index >= 15 is 0 Å². The van der Waals surface area contributed by atoms with Gasteiger partial charge in [0, 0.05) is 10.1 Å². The third-order valence-corrected chi connectivity index (χ3v) is 5.67. The van der Waals surface area contributed by atoms with Crippen molar-refractivity contribution in [2.45, 2.75) is 13.5 Å². The summed E-state index contributed by atoms with van der Waals surface area (Å²) in [6.07, 6.45) is 0. The quantitative estimate of drug-likeness (QED) is 0.544. The van der Waals surface area contributed by atoms with Gasteiger partial charge in [-0.3, -0.25) is 9.59 Å². The van der Waals surface area contributed by atoms with Gasteiger partial charge in [0.2, 0.25) is 0 Å². The number of methoxy groups -OCH3 is 1. The van der Waals surface area contributed by atoms with Crippen molar-refractivity contribution in [1.29, 1.82) is 0 Å². The van der Waals surface area contributed by atoms with E-state index in [-0.39, 0.29) is 18.0 Å². The fourth-order valence-electron chi connectivity index (χ4n) is 2.75. The first-order valence-electron chi connectivity index (χ1n) is 8.24. The number of hydrogen-bond donors (Lipinski definition) is 1. The van der Waals surface area contributed by atoms with Crippen molar-refractivity contribution < 1.29 is 9.53 Å². The predicted molar refractivity (Wildman–Crippen MR) is 113 cm³/mol. The summed E-state index contributed by atoms with van der Waals surface area (Å²) in [4.78, 5) is 34.1. The fraction of sp³-hybridized carbons (Fsp3) is 0.211. The molecule has 0 aliphatic rings. The Morgan fingerprint density at radius 2 is 2.07 bits per heavy atom. The van der Waals surface area contributed by atoms with Crippen LogP contribution in [0.25, 0.3) is 10.9 Å². The molecule has 3 aromatic rings. The lowest BCUT2D eigenvalue weighted by atomic mass is 10.1. The van der Waals surface area contributed by atoms with Gasteiger partial charge >= 0.3 is 0 Å². The highest BCUT2D eigenvalue weighted by atomic mass is 127. The first-order valence-corrected chi connectivity index (χ1v) is 9.70. The zero-order valence-corrected chi connectivity index (χ0v) is 17.7. The van der Waals surface area contributed by atoms with E-state index in [1.54, 1.807) is 35.2 Å². The molecule has 0 fully saturated rings. The molecule has 6 nitrogen and oxygen atoms in total. The number of H-pyrrole nitrogens is 1. The van der Waals surface area contributed by atoms with Crippen molar-refractivity contribution in [2.24, 2.45) is 0 Å². The summed E-state index contributed by atoms with van der Waals surface area (Å²) in [5.74, 6) is 0.625. The van der Waals surface area contributed by atoms with Crippen LogP contribution in [-0.2, 0) is 6.54 Å². The first kappa shape index (κ1) is 19.6. The van der Waals surface area contributed by atoms with Gasteiger partial charge in [-0.1, -0.05) is 23.7 Å². The third kappa shape index (κ3) is 4.08. The Balaban J connectivity index is 1.95. The lowest BCUT2D eigenvalue weighted by Gasteiger charge is -2.22. The molecule has 0 saturated carbocycles. The SMILES string of the molecule is CCN(Cc1nc2ccccc2c(=O)[nH]1)C(=O)c1cc(Cl)c(I)cc1OC. The molecule has 1 N–H and O–H groups in total. The Hall–Kier alpha value is -2.13. The van der Waals surface area contributed by atoms with Crippen molar-refractivity contribution in [1.82, 2.24) is 14.9 Å². The van der Waals surface area contributed by atoms with Gasteiger partial charge in [-0.25, -0.2) is 4.98 Å². The van der Waals surface area contributed by atoms with Gasteiger partial charge in [-0.2, -0.15) is 0 Å². The van der Waals surface area contributed by atoms with E-state index in [1.165, 1.54) is 7.11 Å². The van der Waals surface area contributed by atoms with Crippen molar-refractivity contribution >= 4 is 51.0 Å². The van der Waals surface area contributed by atoms with Crippen molar-refractivity contribution in [3.63, 3.8) is 0 Å². The minimum atomic E-state index is -0.247. The molecular formula is C19H17ClIN3O3. The number of fused-ring (bicyclic) bond motifs is 1. The predicted octanol–water partition coefficient (Wildman–Crippen LogP) is 3.85. The third-order valence-electron chi connectivity index (χ3n) is 4.14. The number of carbonyl (C=O) groups excluding carboxylic acids is 1. The normalized spacial score (nSPS) is 10.8. The summed E-state index contributed by atoms with van der Waals surface area (Å²) >= 11 is 8.27. The maximum atomic E-state index is 13.0. The maximum absolute atomic E-state index is 13.0. The van der Waals surface area contributed by atoms with E-state index in [9.17, 15) is 9.59 Å². The number of ether oxygens (including phenoxy) is 1. The summed E-state index contributed by atoms with van der Waals surface area (Å²) in [5.41, 5.74) is 0.733. The number of aromatic amines is 1. The molecule has 1 heterocycles. The molecule has 0 aliphatic heterocycles. The molecule has 0 aliphatic carbocycles. The Bertz CT molecular complexity index is 1070. The monoisotopic (exact) mass is 497 g/mol. The number of nitrogens with one attached hydrogen (secondary N) is 1. The van der Waals surface area contributed by atoms with E-state index in [0.717, 1.165) is 3.57 Å². The zero-order valence-electron chi connectivity index (χ0n) is 14.8. The Morgan fingerprint density at radius 3 is 2.78 bits per heavy atom. The van der Waals surface area contributed by atoms with E-state index in [1.807, 2.05) is 13.0 Å². The molecule has 0 bridgehead atoms. The minimum absolute atomic E-state index is 0.169. The maximum Gasteiger partial charge on any atom is 0.258 e. The Kier molecular flexibility index (Phi) is 6.01. The Morgan fingerprint density at radius 1 is 1.33 bits per heavy atom. The topological polar surface area (TPSA) is 75.3 Å². The highest BCUT2D eigenvalue weighted by Gasteiger charge is 2.21. The standard InChI is InChI=1S/C19H17ClIN3O3/c1-3-24(19(26)12-8-13(20)14(21)9-16(12)27-2)10-17-22-15-7-5-4-6-11(15)18(25)23-17/h4-9H,3,10H2,1-2H3,(H,22,23,25). The average molecular weight is 498 g/mol. The molecule has 1 aromatic heterocycles. The second-order valence-electron chi connectivity index (χ2n) is 5.82. The van der Waals surface area contributed by atoms with Crippen LogP contribution in [0.3, 0.4) is 0 Å². The fourth-order valence-corrected chi connectivity index (χ4v) is 3.35. The van der Waals surface area contributed by atoms with Crippen LogP contribution in [-0.4, -0.2) is 34.4 Å². The van der Waals surface area contributed by atoms with Crippen LogP contribution < -0.4 is 10.3 Å². The molecule has 0 atom stereocenters. The molecule has 8 heteroatoms. The van der Waals surface area contributed by atoms with Gasteiger partial charge in [0.15, 0.2) is 0 Å². The molecule has 0 spiro atoms. The Labute approximate surface area is 174 Å². The number of amides is 1. The lowest BCUT2D eigenvalue weighted by Crippen LogP contribution is -2.32. The second kappa shape index (κ2) is 8.26. The number of para-hydroxylation sites is 1. The minimum Gasteiger partial charge on any atom is -0.496 e. The van der Waals surface area contributed by atoms with Crippen LogP contribution >= 0.6 is 34.2 Å². The molecule has 3 rings (SSSR count). The number of carbonyl (C=O) groups is 1. The van der Waals surface area contributed by atoms with Crippen molar-refractivity contribution in [3.05, 3.63) is 66.7 Å². The largest absolute Gasteiger partial charge is 0.496 e. The van der Waals surface area contributed by atoms with Crippen molar-refractivity contribution in [2.75, 3.05) is 13.7 Å².